The predicted octanol–water partition coefficient (Wildman–Crippen LogP) is 2.12. The van der Waals surface area contributed by atoms with Crippen LogP contribution in [-0.2, 0) is 21.3 Å². The van der Waals surface area contributed by atoms with E-state index in [-0.39, 0.29) is 37.6 Å². The maximum absolute atomic E-state index is 12.7. The van der Waals surface area contributed by atoms with Gasteiger partial charge in [-0.05, 0) is 20.3 Å². The molecule has 144 valence electrons. The summed E-state index contributed by atoms with van der Waals surface area (Å²) in [5, 5.41) is 3.91. The summed E-state index contributed by atoms with van der Waals surface area (Å²) in [7, 11) is -3.75. The monoisotopic (exact) mass is 387 g/mol. The van der Waals surface area contributed by atoms with Crippen LogP contribution in [0, 0.1) is 13.8 Å². The summed E-state index contributed by atoms with van der Waals surface area (Å²) >= 11 is 0. The molecule has 0 saturated carbocycles. The third-order valence-corrected chi connectivity index (χ3v) is 6.03. The summed E-state index contributed by atoms with van der Waals surface area (Å²) < 4.78 is 82.8. The van der Waals surface area contributed by atoms with Crippen molar-refractivity contribution < 1.29 is 30.7 Å². The number of morpholine rings is 1. The Hall–Kier alpha value is -1.20. The molecule has 11 heteroatoms. The highest BCUT2D eigenvalue weighted by Gasteiger charge is 2.38. The molecular weight excluding hydrogens is 366 g/mol. The van der Waals surface area contributed by atoms with Gasteiger partial charge in [0.1, 0.15) is 6.54 Å². The van der Waals surface area contributed by atoms with Gasteiger partial charge in [-0.3, -0.25) is 9.07 Å². The number of hydrogen-bond acceptors (Lipinski definition) is 4. The van der Waals surface area contributed by atoms with Crippen molar-refractivity contribution in [3.63, 3.8) is 0 Å². The Balaban J connectivity index is 2.37. The highest BCUT2D eigenvalue weighted by atomic mass is 32.2. The zero-order chi connectivity index (χ0) is 18.8. The van der Waals surface area contributed by atoms with Crippen LogP contribution < -0.4 is 0 Å². The minimum absolute atomic E-state index is 0.0221. The maximum atomic E-state index is 12.7. The van der Waals surface area contributed by atoms with Crippen LogP contribution in [0.2, 0.25) is 0 Å². The van der Waals surface area contributed by atoms with Gasteiger partial charge in [0.05, 0.1) is 37.4 Å². The second-order valence-electron chi connectivity index (χ2n) is 5.92. The zero-order valence-corrected chi connectivity index (χ0v) is 14.8. The number of alkyl halides is 4. The molecule has 0 radical (unpaired) electrons. The molecule has 1 aromatic rings. The van der Waals surface area contributed by atoms with Gasteiger partial charge in [0.2, 0.25) is 10.0 Å². The van der Waals surface area contributed by atoms with Gasteiger partial charge in [-0.15, -0.1) is 0 Å². The molecular formula is C14H21F4N3O3S. The van der Waals surface area contributed by atoms with Crippen LogP contribution in [0.15, 0.2) is 0 Å². The topological polar surface area (TPSA) is 64.4 Å². The van der Waals surface area contributed by atoms with E-state index < -0.39 is 35.5 Å². The average molecular weight is 387 g/mol. The smallest absolute Gasteiger partial charge is 0.378 e. The number of ether oxygens (including phenoxy) is 1. The number of sulfonamides is 1. The minimum atomic E-state index is -4.43. The number of hydrogen-bond donors (Lipinski definition) is 0. The average Bonchev–Trinajstić information content (AvgIpc) is 2.77. The molecule has 0 aromatic carbocycles. The molecule has 1 aliphatic rings. The summed E-state index contributed by atoms with van der Waals surface area (Å²) in [6.45, 7) is 1.28. The maximum Gasteiger partial charge on any atom is 0.408 e. The van der Waals surface area contributed by atoms with E-state index in [1.54, 1.807) is 0 Å². The zero-order valence-electron chi connectivity index (χ0n) is 14.0. The summed E-state index contributed by atoms with van der Waals surface area (Å²) in [5.74, 6) is -0.352. The van der Waals surface area contributed by atoms with Crippen molar-refractivity contribution in [1.29, 1.82) is 0 Å². The lowest BCUT2D eigenvalue weighted by molar-refractivity contribution is -0.143. The number of aromatic nitrogens is 2. The first-order valence-electron chi connectivity index (χ1n) is 7.80. The van der Waals surface area contributed by atoms with Crippen molar-refractivity contribution in [2.24, 2.45) is 0 Å². The lowest BCUT2D eigenvalue weighted by atomic mass is 10.0. The van der Waals surface area contributed by atoms with Gasteiger partial charge < -0.3 is 4.74 Å². The Morgan fingerprint density at radius 2 is 2.00 bits per heavy atom. The molecule has 6 nitrogen and oxygen atoms in total. The number of aryl methyl sites for hydroxylation is 1. The quantitative estimate of drug-likeness (QED) is 0.702. The molecule has 2 heterocycles. The molecule has 2 rings (SSSR count). The minimum Gasteiger partial charge on any atom is -0.378 e. The van der Waals surface area contributed by atoms with Crippen molar-refractivity contribution in [3.8, 4) is 0 Å². The Morgan fingerprint density at radius 1 is 1.32 bits per heavy atom. The number of nitrogens with zero attached hydrogens (tertiary/aromatic N) is 3. The van der Waals surface area contributed by atoms with E-state index in [0.29, 0.717) is 11.3 Å². The molecule has 1 aromatic heterocycles. The number of rotatable bonds is 6. The molecule has 1 aliphatic heterocycles. The van der Waals surface area contributed by atoms with Crippen molar-refractivity contribution in [2.45, 2.75) is 39.0 Å². The molecule has 1 atom stereocenters. The molecule has 0 spiro atoms. The summed E-state index contributed by atoms with van der Waals surface area (Å²) in [5.41, 5.74) is 0.978. The van der Waals surface area contributed by atoms with E-state index in [2.05, 4.69) is 5.10 Å². The van der Waals surface area contributed by atoms with Gasteiger partial charge in [-0.1, -0.05) is 0 Å². The van der Waals surface area contributed by atoms with E-state index in [1.807, 2.05) is 0 Å². The molecule has 0 bridgehead atoms. The SMILES string of the molecule is Cc1nn(CC(F)(F)F)c(C)c1C1COCCN1S(=O)(=O)CCCF. The molecule has 25 heavy (non-hydrogen) atoms. The van der Waals surface area contributed by atoms with Gasteiger partial charge in [0.25, 0.3) is 0 Å². The standard InChI is InChI=1S/C14H21F4N3O3S/c1-10-13(11(2)20(19-10)9-14(16,17)18)12-8-24-6-5-21(12)25(22,23)7-3-4-15/h12H,3-9H2,1-2H3. The first kappa shape index (κ1) is 20.1. The highest BCUT2D eigenvalue weighted by Crippen LogP contribution is 2.32. The van der Waals surface area contributed by atoms with Crippen LogP contribution in [0.1, 0.15) is 29.4 Å². The van der Waals surface area contributed by atoms with Crippen molar-refractivity contribution in [1.82, 2.24) is 14.1 Å². The second kappa shape index (κ2) is 7.58. The van der Waals surface area contributed by atoms with Crippen LogP contribution in [0.25, 0.3) is 0 Å². The third-order valence-electron chi connectivity index (χ3n) is 4.07. The normalized spacial score (nSPS) is 20.2. The Bertz CT molecular complexity index is 703. The molecule has 0 aliphatic carbocycles. The van der Waals surface area contributed by atoms with E-state index >= 15 is 0 Å². The van der Waals surface area contributed by atoms with Gasteiger partial charge in [-0.2, -0.15) is 22.6 Å². The largest absolute Gasteiger partial charge is 0.408 e. The lowest BCUT2D eigenvalue weighted by Gasteiger charge is -2.35. The van der Waals surface area contributed by atoms with Crippen LogP contribution in [0.5, 0.6) is 0 Å². The van der Waals surface area contributed by atoms with Gasteiger partial charge >= 0.3 is 6.18 Å². The molecule has 0 N–H and O–H groups in total. The predicted molar refractivity (Wildman–Crippen MR) is 82.4 cm³/mol. The van der Waals surface area contributed by atoms with E-state index in [0.717, 1.165) is 4.68 Å². The van der Waals surface area contributed by atoms with Crippen LogP contribution in [0.3, 0.4) is 0 Å². The van der Waals surface area contributed by atoms with Crippen LogP contribution in [0.4, 0.5) is 17.6 Å². The van der Waals surface area contributed by atoms with Crippen molar-refractivity contribution in [2.75, 3.05) is 32.2 Å². The fraction of sp³-hybridized carbons (Fsp3) is 0.786. The van der Waals surface area contributed by atoms with E-state index in [4.69, 9.17) is 4.74 Å². The van der Waals surface area contributed by atoms with E-state index in [1.165, 1.54) is 18.2 Å². The van der Waals surface area contributed by atoms with Crippen molar-refractivity contribution >= 4 is 10.0 Å². The molecule has 1 fully saturated rings. The first-order valence-corrected chi connectivity index (χ1v) is 9.41. The van der Waals surface area contributed by atoms with Gasteiger partial charge in [0.15, 0.2) is 0 Å². The van der Waals surface area contributed by atoms with Crippen LogP contribution in [-0.4, -0.2) is 60.9 Å². The summed E-state index contributed by atoms with van der Waals surface area (Å²) in [6, 6.07) is -0.764. The Labute approximate surface area is 143 Å². The second-order valence-corrected chi connectivity index (χ2v) is 7.96. The summed E-state index contributed by atoms with van der Waals surface area (Å²) in [4.78, 5) is 0. The Kier molecular flexibility index (Phi) is 6.10. The van der Waals surface area contributed by atoms with E-state index in [9.17, 15) is 26.0 Å². The molecule has 1 saturated heterocycles. The van der Waals surface area contributed by atoms with Gasteiger partial charge in [0, 0.05) is 17.8 Å². The third kappa shape index (κ3) is 4.70. The van der Waals surface area contributed by atoms with Crippen LogP contribution >= 0.6 is 0 Å². The number of halogens is 4. The summed E-state index contributed by atoms with van der Waals surface area (Å²) in [6.07, 6.45) is -4.56. The molecule has 1 unspecified atom stereocenters. The fourth-order valence-electron chi connectivity index (χ4n) is 3.02. The Morgan fingerprint density at radius 3 is 2.60 bits per heavy atom. The first-order chi connectivity index (χ1) is 11.6. The highest BCUT2D eigenvalue weighted by molar-refractivity contribution is 7.89. The van der Waals surface area contributed by atoms with Gasteiger partial charge in [-0.25, -0.2) is 8.42 Å². The van der Waals surface area contributed by atoms with Crippen molar-refractivity contribution in [3.05, 3.63) is 17.0 Å². The molecule has 0 amide bonds. The lowest BCUT2D eigenvalue weighted by Crippen LogP contribution is -2.44. The fourth-order valence-corrected chi connectivity index (χ4v) is 4.63.